The largest absolute Gasteiger partial charge is 0.493 e. The minimum atomic E-state index is 0.0320. The maximum atomic E-state index is 11.0. The summed E-state index contributed by atoms with van der Waals surface area (Å²) in [5.41, 5.74) is 2.69. The van der Waals surface area contributed by atoms with Gasteiger partial charge >= 0.3 is 6.01 Å². The van der Waals surface area contributed by atoms with Gasteiger partial charge < -0.3 is 29.0 Å². The first-order valence-corrected chi connectivity index (χ1v) is 16.9. The third kappa shape index (κ3) is 7.41. The number of methoxy groups -OCH3 is 1. The van der Waals surface area contributed by atoms with Crippen molar-refractivity contribution in [2.75, 3.05) is 64.8 Å². The lowest BCUT2D eigenvalue weighted by Gasteiger charge is -2.39. The molecule has 2 aromatic carbocycles. The average molecular weight is 670 g/mol. The Morgan fingerprint density at radius 2 is 1.75 bits per heavy atom. The average Bonchev–Trinajstić information content (AvgIpc) is 3.15. The first-order valence-electron chi connectivity index (χ1n) is 16.1. The molecule has 9 nitrogen and oxygen atoms in total. The van der Waals surface area contributed by atoms with Gasteiger partial charge in [0.15, 0.2) is 6.79 Å². The minimum Gasteiger partial charge on any atom is -0.493 e. The summed E-state index contributed by atoms with van der Waals surface area (Å²) in [5.74, 6) is 0.776. The first-order chi connectivity index (χ1) is 21.5. The Kier molecular flexibility index (Phi) is 10.4. The molecule has 1 N–H and O–H groups in total. The highest BCUT2D eigenvalue weighted by molar-refractivity contribution is 9.10. The maximum absolute atomic E-state index is 11.0. The van der Waals surface area contributed by atoms with Gasteiger partial charge in [-0.3, -0.25) is 4.90 Å². The van der Waals surface area contributed by atoms with E-state index in [-0.39, 0.29) is 24.1 Å². The summed E-state index contributed by atoms with van der Waals surface area (Å²) in [4.78, 5) is 14.2. The van der Waals surface area contributed by atoms with Crippen molar-refractivity contribution in [3.05, 3.63) is 46.1 Å². The van der Waals surface area contributed by atoms with Gasteiger partial charge in [0.2, 0.25) is 5.88 Å². The van der Waals surface area contributed by atoms with Crippen molar-refractivity contribution in [2.24, 2.45) is 5.41 Å². The summed E-state index contributed by atoms with van der Waals surface area (Å²) in [7, 11) is 1.62. The summed E-state index contributed by atoms with van der Waals surface area (Å²) in [5, 5.41) is 13.2. The Morgan fingerprint density at radius 3 is 2.52 bits per heavy atom. The fourth-order valence-electron chi connectivity index (χ4n) is 7.08. The lowest BCUT2D eigenvalue weighted by atomic mass is 9.78. The van der Waals surface area contributed by atoms with Crippen molar-refractivity contribution in [3.8, 4) is 17.6 Å². The molecule has 6 rings (SSSR count). The number of aromatic nitrogens is 2. The molecule has 0 bridgehead atoms. The molecule has 1 aromatic heterocycles. The molecule has 0 radical (unpaired) electrons. The Morgan fingerprint density at radius 1 is 0.977 bits per heavy atom. The number of hydrogen-bond donors (Lipinski definition) is 1. The Hall–Kier alpha value is -2.66. The van der Waals surface area contributed by atoms with E-state index in [0.29, 0.717) is 19.6 Å². The van der Waals surface area contributed by atoms with Crippen LogP contribution in [0, 0.1) is 5.41 Å². The van der Waals surface area contributed by atoms with Crippen LogP contribution < -0.4 is 14.4 Å². The number of benzene rings is 2. The monoisotopic (exact) mass is 668 g/mol. The zero-order valence-corrected chi connectivity index (χ0v) is 27.4. The van der Waals surface area contributed by atoms with Crippen LogP contribution in [0.5, 0.6) is 17.6 Å². The molecule has 44 heavy (non-hydrogen) atoms. The molecule has 2 fully saturated rings. The van der Waals surface area contributed by atoms with Gasteiger partial charge in [-0.1, -0.05) is 66.6 Å². The third-order valence-electron chi connectivity index (χ3n) is 9.42. The smallest absolute Gasteiger partial charge is 0.320 e. The van der Waals surface area contributed by atoms with E-state index in [4.69, 9.17) is 23.9 Å². The molecule has 1 saturated heterocycles. The van der Waals surface area contributed by atoms with Crippen molar-refractivity contribution in [1.29, 1.82) is 0 Å². The van der Waals surface area contributed by atoms with E-state index in [1.54, 1.807) is 7.11 Å². The first kappa shape index (κ1) is 31.3. The van der Waals surface area contributed by atoms with Crippen LogP contribution in [0.4, 0.5) is 5.69 Å². The molecule has 10 heteroatoms. The zero-order valence-electron chi connectivity index (χ0n) is 25.9. The fraction of sp³-hybridized carbons (Fsp3) is 0.588. The third-order valence-corrected chi connectivity index (χ3v) is 10.1. The van der Waals surface area contributed by atoms with E-state index in [2.05, 4.69) is 48.9 Å². The quantitative estimate of drug-likeness (QED) is 0.258. The van der Waals surface area contributed by atoms with Crippen molar-refractivity contribution in [2.45, 2.75) is 64.3 Å². The minimum absolute atomic E-state index is 0.0320. The molecule has 1 aliphatic carbocycles. The van der Waals surface area contributed by atoms with Crippen LogP contribution in [0.15, 0.2) is 34.8 Å². The van der Waals surface area contributed by atoms with Crippen LogP contribution in [0.1, 0.15) is 62.6 Å². The standard InChI is InChI=1S/C34H45BrN4O5/c1-41-24-44-26-19-25-9-8-10-28(35)31(25)30(20-26)39-14-11-27-29(21-39)36-33(37-32(27)40)43-23-34(22-38-15-17-42-18-16-38)12-6-4-2-3-5-7-13-34/h8-10,19-20H,2-7,11-18,21-24H2,1H3,(H,36,37,40). The second-order valence-electron chi connectivity index (χ2n) is 12.6. The molecule has 238 valence electrons. The van der Waals surface area contributed by atoms with Gasteiger partial charge in [-0.15, -0.1) is 0 Å². The van der Waals surface area contributed by atoms with Gasteiger partial charge in [-0.25, -0.2) is 0 Å². The highest BCUT2D eigenvalue weighted by atomic mass is 79.9. The van der Waals surface area contributed by atoms with Gasteiger partial charge in [-0.2, -0.15) is 9.97 Å². The number of halogens is 1. The van der Waals surface area contributed by atoms with Crippen molar-refractivity contribution in [1.82, 2.24) is 14.9 Å². The van der Waals surface area contributed by atoms with E-state index >= 15 is 0 Å². The molecule has 1 saturated carbocycles. The van der Waals surface area contributed by atoms with Crippen LogP contribution >= 0.6 is 15.9 Å². The highest BCUT2D eigenvalue weighted by Crippen LogP contribution is 2.40. The summed E-state index contributed by atoms with van der Waals surface area (Å²) in [6.07, 6.45) is 10.5. The van der Waals surface area contributed by atoms with Gasteiger partial charge in [-0.05, 0) is 36.8 Å². The van der Waals surface area contributed by atoms with Gasteiger partial charge in [0, 0.05) is 65.9 Å². The van der Waals surface area contributed by atoms with E-state index < -0.39 is 0 Å². The van der Waals surface area contributed by atoms with E-state index in [1.165, 1.54) is 38.5 Å². The highest BCUT2D eigenvalue weighted by Gasteiger charge is 2.34. The summed E-state index contributed by atoms with van der Waals surface area (Å²) < 4.78 is 24.1. The summed E-state index contributed by atoms with van der Waals surface area (Å²) in [6.45, 7) is 6.52. The second kappa shape index (κ2) is 14.6. The molecule has 3 heterocycles. The number of fused-ring (bicyclic) bond motifs is 2. The van der Waals surface area contributed by atoms with Gasteiger partial charge in [0.05, 0.1) is 32.1 Å². The Bertz CT molecular complexity index is 1410. The molecule has 0 unspecified atom stereocenters. The lowest BCUT2D eigenvalue weighted by Crippen LogP contribution is -2.46. The number of hydrogen-bond acceptors (Lipinski definition) is 9. The maximum Gasteiger partial charge on any atom is 0.320 e. The fourth-order valence-corrected chi connectivity index (χ4v) is 7.67. The Balaban J connectivity index is 1.24. The normalized spacial score (nSPS) is 19.5. The lowest BCUT2D eigenvalue weighted by molar-refractivity contribution is -0.00311. The van der Waals surface area contributed by atoms with Crippen LogP contribution in [0.25, 0.3) is 10.8 Å². The molecule has 2 aliphatic heterocycles. The van der Waals surface area contributed by atoms with Crippen LogP contribution in [0.2, 0.25) is 0 Å². The van der Waals surface area contributed by atoms with Crippen LogP contribution in [-0.2, 0) is 22.4 Å². The van der Waals surface area contributed by atoms with Crippen molar-refractivity contribution in [3.63, 3.8) is 0 Å². The number of nitrogens with zero attached hydrogens (tertiary/aromatic N) is 4. The summed E-state index contributed by atoms with van der Waals surface area (Å²) in [6, 6.07) is 10.5. The number of morpholine rings is 1. The van der Waals surface area contributed by atoms with Gasteiger partial charge in [0.25, 0.3) is 0 Å². The van der Waals surface area contributed by atoms with Crippen molar-refractivity contribution < 1.29 is 24.1 Å². The molecular weight excluding hydrogens is 624 g/mol. The number of anilines is 1. The molecule has 3 aliphatic rings. The molecular formula is C34H45BrN4O5. The predicted molar refractivity (Wildman–Crippen MR) is 175 cm³/mol. The molecule has 0 spiro atoms. The topological polar surface area (TPSA) is 89.4 Å². The van der Waals surface area contributed by atoms with E-state index in [9.17, 15) is 5.11 Å². The van der Waals surface area contributed by atoms with E-state index in [0.717, 1.165) is 90.2 Å². The molecule has 0 amide bonds. The number of ether oxygens (including phenoxy) is 4. The number of aromatic hydroxyl groups is 1. The van der Waals surface area contributed by atoms with E-state index in [1.807, 2.05) is 12.1 Å². The van der Waals surface area contributed by atoms with Gasteiger partial charge in [0.1, 0.15) is 5.75 Å². The van der Waals surface area contributed by atoms with Crippen LogP contribution in [0.3, 0.4) is 0 Å². The van der Waals surface area contributed by atoms with Crippen molar-refractivity contribution >= 4 is 32.4 Å². The summed E-state index contributed by atoms with van der Waals surface area (Å²) >= 11 is 3.77. The zero-order chi connectivity index (χ0) is 30.4. The molecule has 3 aromatic rings. The predicted octanol–water partition coefficient (Wildman–Crippen LogP) is 6.48. The molecule has 0 atom stereocenters. The Labute approximate surface area is 269 Å². The second-order valence-corrected chi connectivity index (χ2v) is 13.4. The number of rotatable bonds is 9. The SMILES string of the molecule is COCOc1cc(N2CCc3c(O)nc(OCC4(CN5CCOCC5)CCCCCCCC4)nc3C2)c2c(Br)cccc2c1. The van der Waals surface area contributed by atoms with Crippen LogP contribution in [-0.4, -0.2) is 79.9 Å².